The summed E-state index contributed by atoms with van der Waals surface area (Å²) in [6.45, 7) is 1.43. The van der Waals surface area contributed by atoms with E-state index in [-0.39, 0.29) is 6.61 Å². The smallest absolute Gasteiger partial charge is 0.301 e. The summed E-state index contributed by atoms with van der Waals surface area (Å²) >= 11 is 4.97. The van der Waals surface area contributed by atoms with E-state index in [9.17, 15) is 8.96 Å². The van der Waals surface area contributed by atoms with Crippen molar-refractivity contribution < 1.29 is 27.9 Å². The minimum Gasteiger partial charge on any atom is -0.301 e. The SMILES string of the molecule is CCOP(=O)(O)OOC(F)CCl. The average Bonchev–Trinajstić information content (AvgIpc) is 2.00. The van der Waals surface area contributed by atoms with E-state index in [2.05, 4.69) is 14.1 Å². The lowest BCUT2D eigenvalue weighted by molar-refractivity contribution is -0.286. The molecule has 0 bridgehead atoms. The molecule has 0 saturated heterocycles. The molecule has 0 aromatic heterocycles. The predicted molar refractivity (Wildman–Crippen MR) is 39.2 cm³/mol. The Bertz CT molecular complexity index is 168. The highest BCUT2D eigenvalue weighted by Crippen LogP contribution is 2.43. The fourth-order valence-electron chi connectivity index (χ4n) is 0.311. The van der Waals surface area contributed by atoms with Gasteiger partial charge in [-0.2, -0.15) is 4.89 Å². The standard InChI is InChI=1S/C4H9ClFO5P/c1-2-9-12(7,8)11-10-4(6)3-5/h4H,2-3H2,1H3,(H,7,8). The first-order valence-electron chi connectivity index (χ1n) is 3.04. The summed E-state index contributed by atoms with van der Waals surface area (Å²) in [5, 5.41) is 0. The molecule has 5 nitrogen and oxygen atoms in total. The van der Waals surface area contributed by atoms with Crippen molar-refractivity contribution in [2.45, 2.75) is 13.3 Å². The molecular weight excluding hydrogens is 213 g/mol. The second-order valence-corrected chi connectivity index (χ2v) is 3.27. The van der Waals surface area contributed by atoms with Gasteiger partial charge in [0.25, 0.3) is 0 Å². The first-order chi connectivity index (χ1) is 5.52. The monoisotopic (exact) mass is 222 g/mol. The summed E-state index contributed by atoms with van der Waals surface area (Å²) in [6.07, 6.45) is -1.95. The summed E-state index contributed by atoms with van der Waals surface area (Å²) in [5.74, 6) is -0.494. The van der Waals surface area contributed by atoms with E-state index in [0.717, 1.165) is 0 Å². The maximum atomic E-state index is 12.1. The Hall–Kier alpha value is 0.290. The van der Waals surface area contributed by atoms with Gasteiger partial charge in [0.1, 0.15) is 0 Å². The van der Waals surface area contributed by atoms with Gasteiger partial charge in [0.15, 0.2) is 0 Å². The minimum absolute atomic E-state index is 0.0467. The van der Waals surface area contributed by atoms with Crippen LogP contribution < -0.4 is 0 Å². The van der Waals surface area contributed by atoms with Crippen molar-refractivity contribution in [3.05, 3.63) is 0 Å². The fourth-order valence-corrected chi connectivity index (χ4v) is 0.934. The Balaban J connectivity index is 3.67. The molecule has 0 rings (SSSR count). The van der Waals surface area contributed by atoms with Gasteiger partial charge < -0.3 is 4.89 Å². The molecule has 0 aliphatic carbocycles. The molecule has 2 atom stereocenters. The Kier molecular flexibility index (Phi) is 6.00. The normalized spacial score (nSPS) is 18.7. The number of hydrogen-bond donors (Lipinski definition) is 1. The first-order valence-corrected chi connectivity index (χ1v) is 5.07. The van der Waals surface area contributed by atoms with Crippen LogP contribution >= 0.6 is 19.4 Å². The van der Waals surface area contributed by atoms with E-state index in [4.69, 9.17) is 16.5 Å². The van der Waals surface area contributed by atoms with Crippen molar-refractivity contribution in [1.29, 1.82) is 0 Å². The summed E-state index contributed by atoms with van der Waals surface area (Å²) in [7, 11) is -4.28. The fraction of sp³-hybridized carbons (Fsp3) is 1.00. The van der Waals surface area contributed by atoms with Crippen LogP contribution in [0.25, 0.3) is 0 Å². The molecule has 0 heterocycles. The van der Waals surface area contributed by atoms with Gasteiger partial charge in [-0.25, -0.2) is 8.96 Å². The molecule has 0 aromatic rings. The maximum absolute atomic E-state index is 12.1. The summed E-state index contributed by atoms with van der Waals surface area (Å²) in [6, 6.07) is 0. The van der Waals surface area contributed by atoms with E-state index in [1.54, 1.807) is 0 Å². The van der Waals surface area contributed by atoms with Crippen LogP contribution in [0, 0.1) is 0 Å². The van der Waals surface area contributed by atoms with Gasteiger partial charge in [-0.05, 0) is 6.92 Å². The number of halogens is 2. The topological polar surface area (TPSA) is 65.0 Å². The molecule has 0 aliphatic heterocycles. The third-order valence-electron chi connectivity index (χ3n) is 0.655. The van der Waals surface area contributed by atoms with Gasteiger partial charge in [-0.3, -0.25) is 4.52 Å². The van der Waals surface area contributed by atoms with Crippen LogP contribution in [-0.4, -0.2) is 23.7 Å². The van der Waals surface area contributed by atoms with Crippen molar-refractivity contribution >= 4 is 19.4 Å². The quantitative estimate of drug-likeness (QED) is 0.320. The van der Waals surface area contributed by atoms with Crippen LogP contribution in [0.2, 0.25) is 0 Å². The highest BCUT2D eigenvalue weighted by Gasteiger charge is 2.23. The minimum atomic E-state index is -4.28. The molecule has 0 spiro atoms. The molecule has 0 amide bonds. The van der Waals surface area contributed by atoms with E-state index >= 15 is 0 Å². The van der Waals surface area contributed by atoms with E-state index in [1.807, 2.05) is 0 Å². The van der Waals surface area contributed by atoms with Gasteiger partial charge >= 0.3 is 7.82 Å². The molecule has 2 unspecified atom stereocenters. The Morgan fingerprint density at radius 3 is 2.75 bits per heavy atom. The molecular formula is C4H9ClFO5P. The summed E-state index contributed by atoms with van der Waals surface area (Å²) in [5.41, 5.74) is 0. The molecule has 74 valence electrons. The Morgan fingerprint density at radius 1 is 1.75 bits per heavy atom. The molecule has 0 radical (unpaired) electrons. The lowest BCUT2D eigenvalue weighted by Crippen LogP contribution is -2.08. The molecule has 8 heteroatoms. The van der Waals surface area contributed by atoms with Gasteiger partial charge in [0.2, 0.25) is 6.36 Å². The molecule has 12 heavy (non-hydrogen) atoms. The zero-order chi connectivity index (χ0) is 9.61. The second kappa shape index (κ2) is 5.85. The maximum Gasteiger partial charge on any atom is 0.499 e. The van der Waals surface area contributed by atoms with E-state index in [0.29, 0.717) is 0 Å². The number of rotatable bonds is 6. The van der Waals surface area contributed by atoms with Crippen molar-refractivity contribution in [3.8, 4) is 0 Å². The van der Waals surface area contributed by atoms with Crippen molar-refractivity contribution in [2.24, 2.45) is 0 Å². The van der Waals surface area contributed by atoms with Crippen LogP contribution in [-0.2, 0) is 18.7 Å². The van der Waals surface area contributed by atoms with Crippen LogP contribution in [0.1, 0.15) is 6.92 Å². The average molecular weight is 223 g/mol. The lowest BCUT2D eigenvalue weighted by atomic mass is 10.8. The zero-order valence-electron chi connectivity index (χ0n) is 6.27. The van der Waals surface area contributed by atoms with Crippen LogP contribution in [0.15, 0.2) is 0 Å². The second-order valence-electron chi connectivity index (χ2n) is 1.62. The molecule has 0 saturated carbocycles. The first kappa shape index (κ1) is 12.3. The molecule has 0 aromatic carbocycles. The number of alkyl halides is 2. The molecule has 0 aliphatic rings. The summed E-state index contributed by atoms with van der Waals surface area (Å²) < 4.78 is 30.7. The van der Waals surface area contributed by atoms with E-state index in [1.165, 1.54) is 6.92 Å². The predicted octanol–water partition coefficient (Wildman–Crippen LogP) is 1.61. The largest absolute Gasteiger partial charge is 0.499 e. The van der Waals surface area contributed by atoms with Crippen molar-refractivity contribution in [3.63, 3.8) is 0 Å². The van der Waals surface area contributed by atoms with Crippen LogP contribution in [0.5, 0.6) is 0 Å². The Labute approximate surface area is 73.9 Å². The van der Waals surface area contributed by atoms with Gasteiger partial charge in [-0.15, -0.1) is 16.3 Å². The van der Waals surface area contributed by atoms with E-state index < -0.39 is 20.1 Å². The highest BCUT2D eigenvalue weighted by molar-refractivity contribution is 7.47. The van der Waals surface area contributed by atoms with Crippen molar-refractivity contribution in [2.75, 3.05) is 12.5 Å². The zero-order valence-corrected chi connectivity index (χ0v) is 7.93. The number of phosphoric acid groups is 1. The molecule has 1 N–H and O–H groups in total. The lowest BCUT2D eigenvalue weighted by Gasteiger charge is -2.10. The third kappa shape index (κ3) is 5.88. The Morgan fingerprint density at radius 2 is 2.33 bits per heavy atom. The molecule has 0 fully saturated rings. The van der Waals surface area contributed by atoms with Crippen molar-refractivity contribution in [1.82, 2.24) is 0 Å². The van der Waals surface area contributed by atoms with Gasteiger partial charge in [-0.1, -0.05) is 0 Å². The van der Waals surface area contributed by atoms with Gasteiger partial charge in [0.05, 0.1) is 12.5 Å². The third-order valence-corrected chi connectivity index (χ3v) is 1.76. The number of phosphoric ester groups is 1. The van der Waals surface area contributed by atoms with Gasteiger partial charge in [0, 0.05) is 0 Å². The van der Waals surface area contributed by atoms with Crippen LogP contribution in [0.4, 0.5) is 4.39 Å². The number of hydrogen-bond acceptors (Lipinski definition) is 4. The van der Waals surface area contributed by atoms with Crippen LogP contribution in [0.3, 0.4) is 0 Å². The summed E-state index contributed by atoms with van der Waals surface area (Å²) in [4.78, 5) is 12.4. The highest BCUT2D eigenvalue weighted by atomic mass is 35.5.